The number of hydrogen-bond donors (Lipinski definition) is 1. The Morgan fingerprint density at radius 3 is 2.44 bits per heavy atom. The monoisotopic (exact) mass is 326 g/mol. The molecular formula is C12H11BrN2O2S. The maximum Gasteiger partial charge on any atom is 0.238 e. The van der Waals surface area contributed by atoms with E-state index < -0.39 is 10.0 Å². The first-order chi connectivity index (χ1) is 8.55. The van der Waals surface area contributed by atoms with Crippen molar-refractivity contribution in [3.63, 3.8) is 0 Å². The summed E-state index contributed by atoms with van der Waals surface area (Å²) in [5.74, 6) is 0.238. The van der Waals surface area contributed by atoms with Crippen molar-refractivity contribution in [2.45, 2.75) is 5.75 Å². The van der Waals surface area contributed by atoms with Gasteiger partial charge >= 0.3 is 0 Å². The van der Waals surface area contributed by atoms with E-state index in [1.807, 2.05) is 18.2 Å². The zero-order valence-corrected chi connectivity index (χ0v) is 11.8. The molecule has 94 valence electrons. The van der Waals surface area contributed by atoms with Gasteiger partial charge in [-0.1, -0.05) is 36.4 Å². The van der Waals surface area contributed by atoms with Crippen molar-refractivity contribution in [3.8, 4) is 0 Å². The highest BCUT2D eigenvalue weighted by molar-refractivity contribution is 9.10. The molecule has 6 heteroatoms. The topological polar surface area (TPSA) is 59.1 Å². The van der Waals surface area contributed by atoms with Gasteiger partial charge in [0.25, 0.3) is 0 Å². The van der Waals surface area contributed by atoms with Gasteiger partial charge in [0.2, 0.25) is 10.0 Å². The van der Waals surface area contributed by atoms with Gasteiger partial charge in [0.1, 0.15) is 10.4 Å². The summed E-state index contributed by atoms with van der Waals surface area (Å²) >= 11 is 3.19. The average Bonchev–Trinajstić information content (AvgIpc) is 2.28. The normalized spacial score (nSPS) is 11.2. The Balaban J connectivity index is 2.13. The Morgan fingerprint density at radius 2 is 1.78 bits per heavy atom. The van der Waals surface area contributed by atoms with E-state index in [1.54, 1.807) is 30.3 Å². The van der Waals surface area contributed by atoms with Gasteiger partial charge in [-0.25, -0.2) is 13.4 Å². The fourth-order valence-electron chi connectivity index (χ4n) is 1.45. The molecule has 0 aliphatic carbocycles. The van der Waals surface area contributed by atoms with Crippen LogP contribution in [-0.2, 0) is 15.8 Å². The van der Waals surface area contributed by atoms with Crippen molar-refractivity contribution in [2.75, 3.05) is 4.72 Å². The lowest BCUT2D eigenvalue weighted by Crippen LogP contribution is -2.15. The zero-order valence-electron chi connectivity index (χ0n) is 9.38. The molecule has 0 saturated heterocycles. The highest BCUT2D eigenvalue weighted by atomic mass is 79.9. The number of benzene rings is 1. The van der Waals surface area contributed by atoms with E-state index in [0.29, 0.717) is 10.4 Å². The molecule has 0 radical (unpaired) electrons. The minimum absolute atomic E-state index is 0.0674. The number of halogens is 1. The third-order valence-electron chi connectivity index (χ3n) is 2.17. The standard InChI is InChI=1S/C12H11BrN2O2S/c13-11-7-4-8-12(14-11)15-18(16,17)9-10-5-2-1-3-6-10/h1-8H,9H2,(H,14,15). The summed E-state index contributed by atoms with van der Waals surface area (Å²) in [5, 5.41) is 0. The highest BCUT2D eigenvalue weighted by Crippen LogP contribution is 2.13. The first kappa shape index (κ1) is 13.0. The van der Waals surface area contributed by atoms with Crippen molar-refractivity contribution in [2.24, 2.45) is 0 Å². The lowest BCUT2D eigenvalue weighted by molar-refractivity contribution is 0.600. The first-order valence-electron chi connectivity index (χ1n) is 5.22. The molecule has 18 heavy (non-hydrogen) atoms. The van der Waals surface area contributed by atoms with Gasteiger partial charge in [0.05, 0.1) is 5.75 Å². The molecule has 0 aliphatic heterocycles. The molecule has 2 aromatic rings. The Morgan fingerprint density at radius 1 is 1.06 bits per heavy atom. The number of anilines is 1. The van der Waals surface area contributed by atoms with Gasteiger partial charge < -0.3 is 0 Å². The molecule has 1 aromatic carbocycles. The van der Waals surface area contributed by atoms with E-state index >= 15 is 0 Å². The van der Waals surface area contributed by atoms with E-state index in [9.17, 15) is 8.42 Å². The highest BCUT2D eigenvalue weighted by Gasteiger charge is 2.12. The molecule has 1 aromatic heterocycles. The second-order valence-electron chi connectivity index (χ2n) is 3.69. The van der Waals surface area contributed by atoms with Crippen LogP contribution in [0.25, 0.3) is 0 Å². The van der Waals surface area contributed by atoms with Crippen LogP contribution in [0, 0.1) is 0 Å². The molecule has 1 N–H and O–H groups in total. The predicted octanol–water partition coefficient (Wildman–Crippen LogP) is 2.79. The molecule has 0 fully saturated rings. The zero-order chi connectivity index (χ0) is 13.0. The SMILES string of the molecule is O=S(=O)(Cc1ccccc1)Nc1cccc(Br)n1. The Kier molecular flexibility index (Phi) is 3.98. The van der Waals surface area contributed by atoms with E-state index in [0.717, 1.165) is 5.56 Å². The second kappa shape index (κ2) is 5.49. The number of hydrogen-bond acceptors (Lipinski definition) is 3. The van der Waals surface area contributed by atoms with Gasteiger partial charge in [-0.05, 0) is 33.6 Å². The smallest absolute Gasteiger partial charge is 0.238 e. The molecule has 0 atom stereocenters. The molecule has 1 heterocycles. The van der Waals surface area contributed by atoms with Gasteiger partial charge in [-0.15, -0.1) is 0 Å². The van der Waals surface area contributed by atoms with Crippen molar-refractivity contribution < 1.29 is 8.42 Å². The summed E-state index contributed by atoms with van der Waals surface area (Å²) in [4.78, 5) is 4.03. The Bertz CT molecular complexity index is 630. The third-order valence-corrected chi connectivity index (χ3v) is 3.85. The first-order valence-corrected chi connectivity index (χ1v) is 7.67. The van der Waals surface area contributed by atoms with Crippen molar-refractivity contribution in [3.05, 3.63) is 58.7 Å². The maximum absolute atomic E-state index is 11.9. The van der Waals surface area contributed by atoms with E-state index in [-0.39, 0.29) is 5.75 Å². The summed E-state index contributed by atoms with van der Waals surface area (Å²) in [6.07, 6.45) is 0. The van der Waals surface area contributed by atoms with Gasteiger partial charge in [0.15, 0.2) is 0 Å². The van der Waals surface area contributed by atoms with Crippen LogP contribution in [0.5, 0.6) is 0 Å². The summed E-state index contributed by atoms with van der Waals surface area (Å²) in [5.41, 5.74) is 0.736. The number of sulfonamides is 1. The molecule has 0 unspecified atom stereocenters. The Labute approximate surface area is 114 Å². The van der Waals surface area contributed by atoms with Gasteiger partial charge in [-0.2, -0.15) is 0 Å². The predicted molar refractivity (Wildman–Crippen MR) is 74.6 cm³/mol. The minimum Gasteiger partial charge on any atom is -0.267 e. The molecular weight excluding hydrogens is 316 g/mol. The minimum atomic E-state index is -3.44. The average molecular weight is 327 g/mol. The number of nitrogens with one attached hydrogen (secondary N) is 1. The lowest BCUT2D eigenvalue weighted by Gasteiger charge is -2.07. The van der Waals surface area contributed by atoms with Crippen LogP contribution in [0.4, 0.5) is 5.82 Å². The van der Waals surface area contributed by atoms with Crippen LogP contribution in [0.15, 0.2) is 53.1 Å². The fourth-order valence-corrected chi connectivity index (χ4v) is 2.93. The van der Waals surface area contributed by atoms with Crippen molar-refractivity contribution >= 4 is 31.8 Å². The maximum atomic E-state index is 11.9. The summed E-state index contributed by atoms with van der Waals surface area (Å²) in [6.45, 7) is 0. The van der Waals surface area contributed by atoms with Crippen LogP contribution >= 0.6 is 15.9 Å². The molecule has 0 bridgehead atoms. The van der Waals surface area contributed by atoms with Crippen LogP contribution in [0.3, 0.4) is 0 Å². The van der Waals surface area contributed by atoms with Gasteiger partial charge in [0, 0.05) is 0 Å². The van der Waals surface area contributed by atoms with Crippen molar-refractivity contribution in [1.82, 2.24) is 4.98 Å². The van der Waals surface area contributed by atoms with E-state index in [1.165, 1.54) is 0 Å². The summed E-state index contributed by atoms with van der Waals surface area (Å²) < 4.78 is 26.9. The largest absolute Gasteiger partial charge is 0.267 e. The number of nitrogens with zero attached hydrogens (tertiary/aromatic N) is 1. The molecule has 0 amide bonds. The number of aromatic nitrogens is 1. The molecule has 2 rings (SSSR count). The quantitative estimate of drug-likeness (QED) is 0.879. The molecule has 4 nitrogen and oxygen atoms in total. The van der Waals surface area contributed by atoms with Crippen molar-refractivity contribution in [1.29, 1.82) is 0 Å². The molecule has 0 spiro atoms. The van der Waals surface area contributed by atoms with Crippen LogP contribution in [0.1, 0.15) is 5.56 Å². The van der Waals surface area contributed by atoms with Gasteiger partial charge in [-0.3, -0.25) is 4.72 Å². The third kappa shape index (κ3) is 3.82. The number of rotatable bonds is 4. The van der Waals surface area contributed by atoms with Crippen LogP contribution in [0.2, 0.25) is 0 Å². The fraction of sp³-hybridized carbons (Fsp3) is 0.0833. The number of pyridine rings is 1. The molecule has 0 saturated carbocycles. The Hall–Kier alpha value is -1.40. The van der Waals surface area contributed by atoms with Crippen LogP contribution < -0.4 is 4.72 Å². The summed E-state index contributed by atoms with van der Waals surface area (Å²) in [6, 6.07) is 14.1. The second-order valence-corrected chi connectivity index (χ2v) is 6.23. The van der Waals surface area contributed by atoms with E-state index in [2.05, 4.69) is 25.6 Å². The summed E-state index contributed by atoms with van der Waals surface area (Å²) in [7, 11) is -3.44. The van der Waals surface area contributed by atoms with E-state index in [4.69, 9.17) is 0 Å². The lowest BCUT2D eigenvalue weighted by atomic mass is 10.2. The molecule has 0 aliphatic rings. The van der Waals surface area contributed by atoms with Crippen LogP contribution in [-0.4, -0.2) is 13.4 Å².